The van der Waals surface area contributed by atoms with Gasteiger partial charge >= 0.3 is 0 Å². The van der Waals surface area contributed by atoms with Crippen molar-refractivity contribution in [3.8, 4) is 0 Å². The van der Waals surface area contributed by atoms with Crippen molar-refractivity contribution in [2.45, 2.75) is 52.1 Å². The van der Waals surface area contributed by atoms with E-state index in [1.165, 1.54) is 24.9 Å². The molecule has 2 aliphatic heterocycles. The van der Waals surface area contributed by atoms with Crippen molar-refractivity contribution in [2.24, 2.45) is 0 Å². The largest absolute Gasteiger partial charge is 0.369 e. The summed E-state index contributed by atoms with van der Waals surface area (Å²) in [4.78, 5) is 23.1. The van der Waals surface area contributed by atoms with Crippen LogP contribution < -0.4 is 14.7 Å². The van der Waals surface area contributed by atoms with Crippen LogP contribution >= 0.6 is 0 Å². The predicted molar refractivity (Wildman–Crippen MR) is 128 cm³/mol. The first kappa shape index (κ1) is 20.4. The highest BCUT2D eigenvalue weighted by molar-refractivity contribution is 6.12. The topological polar surface area (TPSA) is 30.0 Å². The Hall–Kier alpha value is -2.53. The number of rotatable bonds is 4. The number of fused-ring (bicyclic) bond motifs is 1. The van der Waals surface area contributed by atoms with Crippen LogP contribution in [-0.4, -0.2) is 55.7 Å². The van der Waals surface area contributed by atoms with Gasteiger partial charge in [0, 0.05) is 49.6 Å². The molecule has 5 rings (SSSR count). The van der Waals surface area contributed by atoms with Gasteiger partial charge in [0.2, 0.25) is 0 Å². The third-order valence-corrected chi connectivity index (χ3v) is 7.39. The van der Waals surface area contributed by atoms with Gasteiger partial charge in [-0.3, -0.25) is 14.6 Å². The molecule has 31 heavy (non-hydrogen) atoms. The first-order valence-electron chi connectivity index (χ1n) is 11.8. The molecule has 0 atom stereocenters. The molecule has 2 heterocycles. The SMILES string of the molecule is Cc1ccccc1N1CN(C2CCC2)c2ccc(N3CCN(C(C)C)CC3)cc2C1=O. The van der Waals surface area contributed by atoms with Gasteiger partial charge in [-0.05, 0) is 69.9 Å². The van der Waals surface area contributed by atoms with Crippen molar-refractivity contribution in [3.05, 3.63) is 53.6 Å². The summed E-state index contributed by atoms with van der Waals surface area (Å²) < 4.78 is 0. The van der Waals surface area contributed by atoms with Crippen LogP contribution in [0.5, 0.6) is 0 Å². The van der Waals surface area contributed by atoms with E-state index in [0.29, 0.717) is 18.8 Å². The summed E-state index contributed by atoms with van der Waals surface area (Å²) in [6, 6.07) is 16.0. The van der Waals surface area contributed by atoms with Crippen LogP contribution in [0, 0.1) is 6.92 Å². The first-order chi connectivity index (χ1) is 15.0. The molecule has 2 aromatic carbocycles. The van der Waals surface area contributed by atoms with Crippen molar-refractivity contribution >= 4 is 23.0 Å². The molecule has 2 fully saturated rings. The molecule has 0 unspecified atom stereocenters. The van der Waals surface area contributed by atoms with E-state index in [9.17, 15) is 4.79 Å². The molecule has 164 valence electrons. The molecule has 1 saturated carbocycles. The van der Waals surface area contributed by atoms with Crippen molar-refractivity contribution < 1.29 is 4.79 Å². The third-order valence-electron chi connectivity index (χ3n) is 7.39. The number of nitrogens with zero attached hydrogens (tertiary/aromatic N) is 4. The maximum Gasteiger partial charge on any atom is 0.261 e. The smallest absolute Gasteiger partial charge is 0.261 e. The van der Waals surface area contributed by atoms with Crippen LogP contribution in [0.15, 0.2) is 42.5 Å². The molecular weight excluding hydrogens is 384 g/mol. The summed E-state index contributed by atoms with van der Waals surface area (Å²) >= 11 is 0. The van der Waals surface area contributed by atoms with E-state index >= 15 is 0 Å². The number of hydrogen-bond donors (Lipinski definition) is 0. The zero-order valence-electron chi connectivity index (χ0n) is 19.1. The predicted octanol–water partition coefficient (Wildman–Crippen LogP) is 4.50. The third kappa shape index (κ3) is 3.69. The molecule has 0 radical (unpaired) electrons. The first-order valence-corrected chi connectivity index (χ1v) is 11.8. The number of hydrogen-bond acceptors (Lipinski definition) is 4. The molecular formula is C26H34N4O. The van der Waals surface area contributed by atoms with E-state index in [4.69, 9.17) is 0 Å². The number of aryl methyl sites for hydroxylation is 1. The van der Waals surface area contributed by atoms with Gasteiger partial charge in [-0.1, -0.05) is 18.2 Å². The maximum atomic E-state index is 13.7. The average Bonchev–Trinajstić information content (AvgIpc) is 2.75. The summed E-state index contributed by atoms with van der Waals surface area (Å²) in [5, 5.41) is 0. The normalized spacial score (nSPS) is 20.3. The molecule has 0 spiro atoms. The van der Waals surface area contributed by atoms with Gasteiger partial charge in [0.05, 0.1) is 17.9 Å². The van der Waals surface area contributed by atoms with Crippen molar-refractivity contribution in [1.29, 1.82) is 0 Å². The lowest BCUT2D eigenvalue weighted by Crippen LogP contribution is -2.53. The second-order valence-corrected chi connectivity index (χ2v) is 9.53. The minimum atomic E-state index is 0.127. The minimum absolute atomic E-state index is 0.127. The van der Waals surface area contributed by atoms with E-state index < -0.39 is 0 Å². The Morgan fingerprint density at radius 1 is 0.935 bits per heavy atom. The molecule has 0 aromatic heterocycles. The summed E-state index contributed by atoms with van der Waals surface area (Å²) in [6.45, 7) is 11.4. The second-order valence-electron chi connectivity index (χ2n) is 9.53. The summed E-state index contributed by atoms with van der Waals surface area (Å²) in [5.74, 6) is 0.127. The van der Waals surface area contributed by atoms with Crippen LogP contribution in [0.2, 0.25) is 0 Å². The Labute approximate surface area is 186 Å². The number of benzene rings is 2. The molecule has 0 N–H and O–H groups in total. The van der Waals surface area contributed by atoms with Crippen molar-refractivity contribution in [3.63, 3.8) is 0 Å². The second kappa shape index (κ2) is 8.19. The van der Waals surface area contributed by atoms with Gasteiger partial charge in [-0.25, -0.2) is 0 Å². The molecule has 5 heteroatoms. The molecule has 2 aromatic rings. The number of piperazine rings is 1. The summed E-state index contributed by atoms with van der Waals surface area (Å²) in [6.07, 6.45) is 3.72. The van der Waals surface area contributed by atoms with Crippen LogP contribution in [0.25, 0.3) is 0 Å². The van der Waals surface area contributed by atoms with E-state index in [2.05, 4.69) is 65.8 Å². The van der Waals surface area contributed by atoms with Crippen molar-refractivity contribution in [2.75, 3.05) is 47.5 Å². The fourth-order valence-corrected chi connectivity index (χ4v) is 5.14. The fourth-order valence-electron chi connectivity index (χ4n) is 5.14. The highest BCUT2D eigenvalue weighted by Gasteiger charge is 2.36. The zero-order chi connectivity index (χ0) is 21.5. The standard InChI is InChI=1S/C26H34N4O/c1-19(2)27-13-15-28(16-14-27)22-11-12-25-23(17-22)26(31)30(18-29(25)21-8-6-9-21)24-10-5-4-7-20(24)3/h4-5,7,10-12,17,19,21H,6,8-9,13-16,18H2,1-3H3. The van der Waals surface area contributed by atoms with Crippen LogP contribution in [0.4, 0.5) is 17.1 Å². The quantitative estimate of drug-likeness (QED) is 0.731. The zero-order valence-corrected chi connectivity index (χ0v) is 19.1. The van der Waals surface area contributed by atoms with Gasteiger partial charge in [0.1, 0.15) is 0 Å². The molecule has 0 bridgehead atoms. The number of amides is 1. The van der Waals surface area contributed by atoms with Crippen LogP contribution in [0.3, 0.4) is 0 Å². The fraction of sp³-hybridized carbons (Fsp3) is 0.500. The highest BCUT2D eigenvalue weighted by Crippen LogP contribution is 2.39. The van der Waals surface area contributed by atoms with Crippen molar-refractivity contribution in [1.82, 2.24) is 4.90 Å². The molecule has 1 aliphatic carbocycles. The van der Waals surface area contributed by atoms with Gasteiger partial charge in [-0.2, -0.15) is 0 Å². The van der Waals surface area contributed by atoms with E-state index in [1.807, 2.05) is 17.0 Å². The van der Waals surface area contributed by atoms with Crippen LogP contribution in [0.1, 0.15) is 49.0 Å². The highest BCUT2D eigenvalue weighted by atomic mass is 16.2. The average molecular weight is 419 g/mol. The van der Waals surface area contributed by atoms with Gasteiger partial charge in [0.15, 0.2) is 0 Å². The Morgan fingerprint density at radius 3 is 2.32 bits per heavy atom. The lowest BCUT2D eigenvalue weighted by atomic mass is 9.90. The number of anilines is 3. The number of carbonyl (C=O) groups is 1. The minimum Gasteiger partial charge on any atom is -0.369 e. The van der Waals surface area contributed by atoms with E-state index in [1.54, 1.807) is 0 Å². The Bertz CT molecular complexity index is 960. The Morgan fingerprint density at radius 2 is 1.68 bits per heavy atom. The van der Waals surface area contributed by atoms with Gasteiger partial charge in [0.25, 0.3) is 5.91 Å². The molecule has 3 aliphatic rings. The lowest BCUT2D eigenvalue weighted by molar-refractivity contribution is 0.0979. The number of carbonyl (C=O) groups excluding carboxylic acids is 1. The molecule has 1 amide bonds. The Balaban J connectivity index is 1.48. The molecule has 5 nitrogen and oxygen atoms in total. The summed E-state index contributed by atoms with van der Waals surface area (Å²) in [7, 11) is 0. The Kier molecular flexibility index (Phi) is 5.39. The van der Waals surface area contributed by atoms with Gasteiger partial charge in [-0.15, -0.1) is 0 Å². The monoisotopic (exact) mass is 418 g/mol. The van der Waals surface area contributed by atoms with Gasteiger partial charge < -0.3 is 9.80 Å². The summed E-state index contributed by atoms with van der Waals surface area (Å²) in [5.41, 5.74) is 5.32. The van der Waals surface area contributed by atoms with E-state index in [-0.39, 0.29) is 5.91 Å². The maximum absolute atomic E-state index is 13.7. The lowest BCUT2D eigenvalue weighted by Gasteiger charge is -2.46. The number of para-hydroxylation sites is 1. The van der Waals surface area contributed by atoms with Crippen LogP contribution in [-0.2, 0) is 0 Å². The van der Waals surface area contributed by atoms with E-state index in [0.717, 1.165) is 48.7 Å². The molecule has 1 saturated heterocycles.